The molecule has 2 heterocycles. The number of hydrogen-bond donors (Lipinski definition) is 0. The minimum atomic E-state index is -0.311. The van der Waals surface area contributed by atoms with Crippen molar-refractivity contribution in [1.82, 2.24) is 9.80 Å². The van der Waals surface area contributed by atoms with Crippen molar-refractivity contribution in [3.8, 4) is 5.75 Å². The molecule has 174 valence electrons. The first-order chi connectivity index (χ1) is 16.6. The summed E-state index contributed by atoms with van der Waals surface area (Å²) in [6.07, 6.45) is 0.861. The van der Waals surface area contributed by atoms with Gasteiger partial charge in [0.2, 0.25) is 5.91 Å². The fourth-order valence-corrected chi connectivity index (χ4v) is 5.41. The van der Waals surface area contributed by atoms with Gasteiger partial charge in [0, 0.05) is 37.7 Å². The van der Waals surface area contributed by atoms with Gasteiger partial charge in [-0.05, 0) is 47.7 Å². The molecule has 2 atom stereocenters. The third kappa shape index (κ3) is 4.07. The smallest absolute Gasteiger partial charge is 0.254 e. The summed E-state index contributed by atoms with van der Waals surface area (Å²) in [5.74, 6) is 0.436. The number of nitrogens with zero attached hydrogens (tertiary/aromatic N) is 2. The van der Waals surface area contributed by atoms with Crippen molar-refractivity contribution in [3.63, 3.8) is 0 Å². The van der Waals surface area contributed by atoms with Crippen molar-refractivity contribution in [1.29, 1.82) is 0 Å². The van der Waals surface area contributed by atoms with E-state index < -0.39 is 0 Å². The molecular formula is C29H30N2O3. The van der Waals surface area contributed by atoms with Gasteiger partial charge in [-0.25, -0.2) is 0 Å². The van der Waals surface area contributed by atoms with Crippen LogP contribution in [0.4, 0.5) is 0 Å². The molecule has 0 N–H and O–H groups in total. The number of hydrogen-bond acceptors (Lipinski definition) is 3. The molecule has 0 radical (unpaired) electrons. The zero-order valence-corrected chi connectivity index (χ0v) is 19.7. The third-order valence-electron chi connectivity index (χ3n) is 7.28. The molecule has 2 amide bonds. The highest BCUT2D eigenvalue weighted by molar-refractivity contribution is 5.96. The summed E-state index contributed by atoms with van der Waals surface area (Å²) >= 11 is 0. The molecular weight excluding hydrogens is 424 g/mol. The predicted octanol–water partition coefficient (Wildman–Crippen LogP) is 4.44. The van der Waals surface area contributed by atoms with E-state index in [0.717, 1.165) is 23.3 Å². The van der Waals surface area contributed by atoms with E-state index in [1.54, 1.807) is 7.11 Å². The summed E-state index contributed by atoms with van der Waals surface area (Å²) in [5.41, 5.74) is 5.16. The number of ether oxygens (including phenoxy) is 1. The lowest BCUT2D eigenvalue weighted by Gasteiger charge is -2.32. The van der Waals surface area contributed by atoms with Gasteiger partial charge in [0.15, 0.2) is 0 Å². The Hall–Kier alpha value is -3.60. The van der Waals surface area contributed by atoms with E-state index in [2.05, 4.69) is 18.2 Å². The van der Waals surface area contributed by atoms with Crippen LogP contribution in [0.25, 0.3) is 0 Å². The van der Waals surface area contributed by atoms with E-state index in [-0.39, 0.29) is 23.7 Å². The highest BCUT2D eigenvalue weighted by Crippen LogP contribution is 2.39. The van der Waals surface area contributed by atoms with Crippen LogP contribution in [0.3, 0.4) is 0 Å². The molecule has 5 heteroatoms. The zero-order valence-electron chi connectivity index (χ0n) is 19.7. The van der Waals surface area contributed by atoms with E-state index >= 15 is 0 Å². The molecule has 5 nitrogen and oxygen atoms in total. The number of fused-ring (bicyclic) bond motifs is 1. The van der Waals surface area contributed by atoms with Gasteiger partial charge >= 0.3 is 0 Å². The van der Waals surface area contributed by atoms with E-state index in [9.17, 15) is 9.59 Å². The van der Waals surface area contributed by atoms with Crippen LogP contribution in [0.1, 0.15) is 38.5 Å². The molecule has 3 aromatic carbocycles. The molecule has 0 aliphatic carbocycles. The average molecular weight is 455 g/mol. The Morgan fingerprint density at radius 1 is 0.853 bits per heavy atom. The number of aryl methyl sites for hydroxylation is 1. The first kappa shape index (κ1) is 22.2. The summed E-state index contributed by atoms with van der Waals surface area (Å²) in [5, 5.41) is 0. The Labute approximate surface area is 201 Å². The molecule has 0 spiro atoms. The van der Waals surface area contributed by atoms with Crippen molar-refractivity contribution < 1.29 is 14.3 Å². The van der Waals surface area contributed by atoms with Crippen LogP contribution in [-0.4, -0.2) is 48.4 Å². The van der Waals surface area contributed by atoms with E-state index in [4.69, 9.17) is 4.74 Å². The number of benzene rings is 3. The summed E-state index contributed by atoms with van der Waals surface area (Å²) < 4.78 is 5.65. The van der Waals surface area contributed by atoms with Crippen LogP contribution in [0.15, 0.2) is 72.8 Å². The van der Waals surface area contributed by atoms with Crippen LogP contribution in [0.2, 0.25) is 0 Å². The van der Waals surface area contributed by atoms with Gasteiger partial charge in [-0.1, -0.05) is 60.7 Å². The first-order valence-corrected chi connectivity index (χ1v) is 11.9. The predicted molar refractivity (Wildman–Crippen MR) is 132 cm³/mol. The van der Waals surface area contributed by atoms with E-state index in [1.165, 1.54) is 11.1 Å². The van der Waals surface area contributed by atoms with Gasteiger partial charge in [0.25, 0.3) is 5.91 Å². The average Bonchev–Trinajstić information content (AvgIpc) is 3.33. The molecule has 3 aromatic rings. The second-order valence-electron chi connectivity index (χ2n) is 9.26. The van der Waals surface area contributed by atoms with Gasteiger partial charge in [-0.15, -0.1) is 0 Å². The normalized spacial score (nSPS) is 19.6. The van der Waals surface area contributed by atoms with Gasteiger partial charge < -0.3 is 14.5 Å². The van der Waals surface area contributed by atoms with Crippen LogP contribution >= 0.6 is 0 Å². The zero-order chi connectivity index (χ0) is 23.7. The maximum Gasteiger partial charge on any atom is 0.254 e. The molecule has 34 heavy (non-hydrogen) atoms. The maximum absolute atomic E-state index is 13.9. The fraction of sp³-hybridized carbons (Fsp3) is 0.310. The van der Waals surface area contributed by atoms with Crippen LogP contribution in [0, 0.1) is 12.8 Å². The maximum atomic E-state index is 13.9. The highest BCUT2D eigenvalue weighted by Gasteiger charge is 2.43. The molecule has 1 saturated heterocycles. The molecule has 2 aliphatic heterocycles. The van der Waals surface area contributed by atoms with Crippen LogP contribution in [-0.2, 0) is 17.8 Å². The Balaban J connectivity index is 1.46. The second kappa shape index (κ2) is 9.34. The lowest BCUT2D eigenvalue weighted by Crippen LogP contribution is -2.42. The van der Waals surface area contributed by atoms with Crippen molar-refractivity contribution in [2.45, 2.75) is 25.8 Å². The Morgan fingerprint density at radius 3 is 2.35 bits per heavy atom. The van der Waals surface area contributed by atoms with Crippen LogP contribution < -0.4 is 4.74 Å². The van der Waals surface area contributed by atoms with Crippen LogP contribution in [0.5, 0.6) is 5.75 Å². The Morgan fingerprint density at radius 2 is 1.56 bits per heavy atom. The number of carbonyl (C=O) groups excluding carboxylic acids is 2. The summed E-state index contributed by atoms with van der Waals surface area (Å²) in [6, 6.07) is 23.9. The number of para-hydroxylation sites is 1. The largest absolute Gasteiger partial charge is 0.496 e. The first-order valence-electron chi connectivity index (χ1n) is 11.9. The minimum absolute atomic E-state index is 0.0164. The molecule has 2 aliphatic rings. The number of carbonyl (C=O) groups is 2. The standard InChI is InChI=1S/C29H30N2O3/c1-20-9-3-6-12-23(20)28(32)31-18-25(24-13-7-8-14-27(24)34-2)26(19-31)29(33)30-16-15-21-10-4-5-11-22(21)17-30/h3-14,25-26H,15-19H2,1-2H3. The monoisotopic (exact) mass is 454 g/mol. The van der Waals surface area contributed by atoms with Crippen molar-refractivity contribution in [3.05, 3.63) is 101 Å². The minimum Gasteiger partial charge on any atom is -0.496 e. The van der Waals surface area contributed by atoms with Crippen molar-refractivity contribution in [2.75, 3.05) is 26.7 Å². The summed E-state index contributed by atoms with van der Waals surface area (Å²) in [6.45, 7) is 4.18. The van der Waals surface area contributed by atoms with Crippen molar-refractivity contribution >= 4 is 11.8 Å². The van der Waals surface area contributed by atoms with E-state index in [0.29, 0.717) is 31.7 Å². The number of likely N-dealkylation sites (tertiary alicyclic amines) is 1. The quantitative estimate of drug-likeness (QED) is 0.586. The number of methoxy groups -OCH3 is 1. The van der Waals surface area contributed by atoms with Gasteiger partial charge in [0.05, 0.1) is 13.0 Å². The molecule has 0 aromatic heterocycles. The SMILES string of the molecule is COc1ccccc1C1CN(C(=O)c2ccccc2C)CC1C(=O)N1CCc2ccccc2C1. The topological polar surface area (TPSA) is 49.9 Å². The Bertz CT molecular complexity index is 1220. The second-order valence-corrected chi connectivity index (χ2v) is 9.26. The van der Waals surface area contributed by atoms with Gasteiger partial charge in [-0.3, -0.25) is 9.59 Å². The molecule has 1 fully saturated rings. The molecule has 5 rings (SSSR count). The number of rotatable bonds is 4. The lowest BCUT2D eigenvalue weighted by atomic mass is 9.86. The van der Waals surface area contributed by atoms with Gasteiger partial charge in [-0.2, -0.15) is 0 Å². The lowest BCUT2D eigenvalue weighted by molar-refractivity contribution is -0.136. The third-order valence-corrected chi connectivity index (χ3v) is 7.28. The number of amides is 2. The fourth-order valence-electron chi connectivity index (χ4n) is 5.41. The highest BCUT2D eigenvalue weighted by atomic mass is 16.5. The summed E-state index contributed by atoms with van der Waals surface area (Å²) in [7, 11) is 1.66. The van der Waals surface area contributed by atoms with Crippen molar-refractivity contribution in [2.24, 2.45) is 5.92 Å². The summed E-state index contributed by atoms with van der Waals surface area (Å²) in [4.78, 5) is 31.2. The molecule has 2 unspecified atom stereocenters. The molecule has 0 bridgehead atoms. The Kier molecular flexibility index (Phi) is 6.10. The van der Waals surface area contributed by atoms with Gasteiger partial charge in [0.1, 0.15) is 5.75 Å². The van der Waals surface area contributed by atoms with E-state index in [1.807, 2.05) is 71.3 Å². The molecule has 0 saturated carbocycles.